The lowest BCUT2D eigenvalue weighted by Gasteiger charge is -2.14. The van der Waals surface area contributed by atoms with Gasteiger partial charge in [0.1, 0.15) is 0 Å². The summed E-state index contributed by atoms with van der Waals surface area (Å²) < 4.78 is 19.7. The molecule has 1 aromatic rings. The maximum absolute atomic E-state index is 13.8. The zero-order valence-electron chi connectivity index (χ0n) is 8.87. The van der Waals surface area contributed by atoms with E-state index in [9.17, 15) is 4.39 Å². The topological polar surface area (TPSA) is 9.23 Å². The van der Waals surface area contributed by atoms with Crippen LogP contribution in [0.5, 0.6) is 5.75 Å². The monoisotopic (exact) mass is 260 g/mol. The third kappa shape index (κ3) is 1.65. The Morgan fingerprint density at radius 1 is 1.29 bits per heavy atom. The van der Waals surface area contributed by atoms with Crippen molar-refractivity contribution in [3.05, 3.63) is 27.0 Å². The summed E-state index contributed by atoms with van der Waals surface area (Å²) in [4.78, 5) is 0. The van der Waals surface area contributed by atoms with E-state index in [0.29, 0.717) is 17.7 Å². The lowest BCUT2D eigenvalue weighted by atomic mass is 10.0. The Hall–Kier alpha value is -0.570. The van der Waals surface area contributed by atoms with Gasteiger partial charge in [0.2, 0.25) is 0 Å². The first kappa shape index (κ1) is 11.5. The van der Waals surface area contributed by atoms with Crippen molar-refractivity contribution in [2.24, 2.45) is 0 Å². The van der Waals surface area contributed by atoms with Gasteiger partial charge in [-0.2, -0.15) is 0 Å². The van der Waals surface area contributed by atoms with Crippen molar-refractivity contribution in [2.75, 3.05) is 7.11 Å². The lowest BCUT2D eigenvalue weighted by Crippen LogP contribution is -2.01. The third-order valence-electron chi connectivity index (χ3n) is 2.52. The lowest BCUT2D eigenvalue weighted by molar-refractivity contribution is 0.380. The summed E-state index contributed by atoms with van der Waals surface area (Å²) >= 11 is 3.41. The van der Waals surface area contributed by atoms with Crippen LogP contribution in [-0.2, 0) is 6.42 Å². The molecular formula is C11H14BrFO. The summed E-state index contributed by atoms with van der Waals surface area (Å²) in [5, 5.41) is 0. The average molecular weight is 261 g/mol. The Labute approximate surface area is 92.4 Å². The van der Waals surface area contributed by atoms with Crippen LogP contribution in [0.15, 0.2) is 4.47 Å². The molecule has 0 radical (unpaired) electrons. The Morgan fingerprint density at radius 2 is 1.86 bits per heavy atom. The van der Waals surface area contributed by atoms with E-state index in [-0.39, 0.29) is 5.82 Å². The van der Waals surface area contributed by atoms with Crippen LogP contribution in [-0.4, -0.2) is 7.11 Å². The molecule has 0 bridgehead atoms. The Bertz CT molecular complexity index is 330. The molecule has 0 N–H and O–H groups in total. The fourth-order valence-corrected chi connectivity index (χ4v) is 2.26. The van der Waals surface area contributed by atoms with Gasteiger partial charge in [0, 0.05) is 10.0 Å². The molecule has 0 saturated carbocycles. The molecule has 0 amide bonds. The average Bonchev–Trinajstić information content (AvgIpc) is 2.16. The van der Waals surface area contributed by atoms with Crippen molar-refractivity contribution in [3.63, 3.8) is 0 Å². The third-order valence-corrected chi connectivity index (χ3v) is 3.59. The van der Waals surface area contributed by atoms with Crippen LogP contribution in [0.25, 0.3) is 0 Å². The van der Waals surface area contributed by atoms with Gasteiger partial charge in [-0.15, -0.1) is 0 Å². The minimum Gasteiger partial charge on any atom is -0.493 e. The van der Waals surface area contributed by atoms with E-state index < -0.39 is 0 Å². The molecule has 0 heterocycles. The van der Waals surface area contributed by atoms with Crippen molar-refractivity contribution in [1.29, 1.82) is 0 Å². The van der Waals surface area contributed by atoms with Gasteiger partial charge in [-0.3, -0.25) is 0 Å². The van der Waals surface area contributed by atoms with Gasteiger partial charge < -0.3 is 4.74 Å². The molecule has 0 saturated heterocycles. The van der Waals surface area contributed by atoms with Gasteiger partial charge in [-0.25, -0.2) is 4.39 Å². The van der Waals surface area contributed by atoms with E-state index in [0.717, 1.165) is 15.6 Å². The van der Waals surface area contributed by atoms with Gasteiger partial charge in [0.25, 0.3) is 0 Å². The largest absolute Gasteiger partial charge is 0.493 e. The molecule has 0 unspecified atom stereocenters. The van der Waals surface area contributed by atoms with Crippen LogP contribution in [0, 0.1) is 19.7 Å². The number of ether oxygens (including phenoxy) is 1. The zero-order valence-corrected chi connectivity index (χ0v) is 10.5. The SMILES string of the molecule is CCc1c(F)c(OC)c(C)c(C)c1Br. The van der Waals surface area contributed by atoms with Gasteiger partial charge in [0.05, 0.1) is 7.11 Å². The maximum atomic E-state index is 13.8. The summed E-state index contributed by atoms with van der Waals surface area (Å²) in [6, 6.07) is 0. The van der Waals surface area contributed by atoms with Crippen LogP contribution in [0.2, 0.25) is 0 Å². The highest BCUT2D eigenvalue weighted by atomic mass is 79.9. The molecule has 78 valence electrons. The van der Waals surface area contributed by atoms with Crippen LogP contribution in [0.4, 0.5) is 4.39 Å². The second-order valence-corrected chi connectivity index (χ2v) is 4.04. The Morgan fingerprint density at radius 3 is 2.29 bits per heavy atom. The second-order valence-electron chi connectivity index (χ2n) is 3.24. The minimum atomic E-state index is -0.245. The van der Waals surface area contributed by atoms with Crippen molar-refractivity contribution in [3.8, 4) is 5.75 Å². The molecule has 0 aliphatic carbocycles. The fourth-order valence-electron chi connectivity index (χ4n) is 1.51. The summed E-state index contributed by atoms with van der Waals surface area (Å²) in [6.45, 7) is 5.75. The van der Waals surface area contributed by atoms with Gasteiger partial charge >= 0.3 is 0 Å². The first-order valence-corrected chi connectivity index (χ1v) is 5.34. The van der Waals surface area contributed by atoms with Crippen molar-refractivity contribution >= 4 is 15.9 Å². The Balaban J connectivity index is 3.56. The number of halogens is 2. The molecule has 0 aromatic heterocycles. The number of hydrogen-bond acceptors (Lipinski definition) is 1. The highest BCUT2D eigenvalue weighted by molar-refractivity contribution is 9.10. The zero-order chi connectivity index (χ0) is 10.9. The fraction of sp³-hybridized carbons (Fsp3) is 0.455. The summed E-state index contributed by atoms with van der Waals surface area (Å²) in [7, 11) is 1.50. The van der Waals surface area contributed by atoms with Crippen molar-refractivity contribution in [1.82, 2.24) is 0 Å². The van der Waals surface area contributed by atoms with E-state index in [2.05, 4.69) is 15.9 Å². The van der Waals surface area contributed by atoms with E-state index >= 15 is 0 Å². The number of hydrogen-bond donors (Lipinski definition) is 0. The quantitative estimate of drug-likeness (QED) is 0.787. The predicted molar refractivity (Wildman–Crippen MR) is 59.5 cm³/mol. The molecule has 3 heteroatoms. The summed E-state index contributed by atoms with van der Waals surface area (Å²) in [5.41, 5.74) is 2.58. The second kappa shape index (κ2) is 4.30. The molecule has 1 rings (SSSR count). The van der Waals surface area contributed by atoms with E-state index in [1.165, 1.54) is 7.11 Å². The number of rotatable bonds is 2. The first-order chi connectivity index (χ1) is 6.54. The summed E-state index contributed by atoms with van der Waals surface area (Å²) in [5.74, 6) is 0.118. The van der Waals surface area contributed by atoms with Crippen LogP contribution < -0.4 is 4.74 Å². The standard InChI is InChI=1S/C11H14BrFO/c1-5-8-9(12)6(2)7(3)11(14-4)10(8)13/h5H2,1-4H3. The molecule has 1 nitrogen and oxygen atoms in total. The van der Waals surface area contributed by atoms with E-state index in [4.69, 9.17) is 4.74 Å². The molecule has 14 heavy (non-hydrogen) atoms. The molecule has 0 atom stereocenters. The smallest absolute Gasteiger partial charge is 0.169 e. The number of methoxy groups -OCH3 is 1. The molecule has 0 spiro atoms. The normalized spacial score (nSPS) is 10.4. The maximum Gasteiger partial charge on any atom is 0.169 e. The first-order valence-electron chi connectivity index (χ1n) is 4.55. The van der Waals surface area contributed by atoms with Gasteiger partial charge in [0.15, 0.2) is 11.6 Å². The minimum absolute atomic E-state index is 0.245. The summed E-state index contributed by atoms with van der Waals surface area (Å²) in [6.07, 6.45) is 0.657. The van der Waals surface area contributed by atoms with Gasteiger partial charge in [-0.05, 0) is 31.4 Å². The number of benzene rings is 1. The van der Waals surface area contributed by atoms with Crippen molar-refractivity contribution < 1.29 is 9.13 Å². The van der Waals surface area contributed by atoms with E-state index in [1.54, 1.807) is 0 Å². The van der Waals surface area contributed by atoms with Crippen LogP contribution in [0.3, 0.4) is 0 Å². The highest BCUT2D eigenvalue weighted by Crippen LogP contribution is 2.35. The molecule has 0 aliphatic rings. The molecule has 0 fully saturated rings. The molecule has 1 aromatic carbocycles. The van der Waals surface area contributed by atoms with Crippen LogP contribution >= 0.6 is 15.9 Å². The van der Waals surface area contributed by atoms with E-state index in [1.807, 2.05) is 20.8 Å². The molecule has 0 aliphatic heterocycles. The highest BCUT2D eigenvalue weighted by Gasteiger charge is 2.17. The van der Waals surface area contributed by atoms with Crippen LogP contribution in [0.1, 0.15) is 23.6 Å². The predicted octanol–water partition coefficient (Wildman–Crippen LogP) is 3.78. The van der Waals surface area contributed by atoms with Gasteiger partial charge in [-0.1, -0.05) is 22.9 Å². The Kier molecular flexibility index (Phi) is 3.53. The molecular weight excluding hydrogens is 247 g/mol. The van der Waals surface area contributed by atoms with Crippen molar-refractivity contribution in [2.45, 2.75) is 27.2 Å².